The van der Waals surface area contributed by atoms with Gasteiger partial charge in [0.15, 0.2) is 23.9 Å². The largest absolute Gasteiger partial charge is 0.493 e. The normalized spacial score (nSPS) is 10.6. The summed E-state index contributed by atoms with van der Waals surface area (Å²) in [5.74, 6) is 1.46. The second-order valence-electron chi connectivity index (χ2n) is 6.50. The number of nitrogens with one attached hydrogen (secondary N) is 2. The molecule has 0 aliphatic carbocycles. The fraction of sp³-hybridized carbons (Fsp3) is 0.143. The lowest BCUT2D eigenvalue weighted by Gasteiger charge is -2.11. The highest BCUT2D eigenvalue weighted by atomic mass is 16.5. The summed E-state index contributed by atoms with van der Waals surface area (Å²) < 4.78 is 17.5. The minimum absolute atomic E-state index is 0.156. The predicted molar refractivity (Wildman–Crippen MR) is 112 cm³/mol. The van der Waals surface area contributed by atoms with E-state index in [9.17, 15) is 9.59 Å². The number of H-pyrrole nitrogens is 1. The number of furan rings is 1. The molecule has 4 aromatic rings. The monoisotopic (exact) mass is 421 g/mol. The van der Waals surface area contributed by atoms with Crippen molar-refractivity contribution in [1.29, 1.82) is 0 Å². The Morgan fingerprint density at radius 1 is 1.19 bits per heavy atom. The van der Waals surface area contributed by atoms with Crippen LogP contribution >= 0.6 is 0 Å². The van der Waals surface area contributed by atoms with Crippen LogP contribution in [0.3, 0.4) is 0 Å². The predicted octanol–water partition coefficient (Wildman–Crippen LogP) is 2.55. The Morgan fingerprint density at radius 2 is 2.00 bits per heavy atom. The van der Waals surface area contributed by atoms with Gasteiger partial charge < -0.3 is 19.2 Å². The van der Waals surface area contributed by atoms with Gasteiger partial charge >= 0.3 is 0 Å². The summed E-state index contributed by atoms with van der Waals surface area (Å²) in [6.45, 7) is 1.43. The summed E-state index contributed by atoms with van der Waals surface area (Å²) in [4.78, 5) is 31.4. The molecule has 1 amide bonds. The molecule has 3 aromatic heterocycles. The van der Waals surface area contributed by atoms with E-state index < -0.39 is 5.91 Å². The van der Waals surface area contributed by atoms with Gasteiger partial charge in [-0.25, -0.2) is 4.98 Å². The van der Waals surface area contributed by atoms with E-state index >= 15 is 0 Å². The van der Waals surface area contributed by atoms with Crippen molar-refractivity contribution in [3.63, 3.8) is 0 Å². The molecule has 1 aromatic carbocycles. The van der Waals surface area contributed by atoms with Gasteiger partial charge in [0.05, 0.1) is 13.4 Å². The number of carbonyl (C=O) groups excluding carboxylic acids is 1. The SMILES string of the molecule is COc1ccccc1OCC(=O)Nc1cc(-c2ccco2)nn1-c1nc(C)cc(=O)[nH]1. The maximum Gasteiger partial charge on any atom is 0.263 e. The van der Waals surface area contributed by atoms with Crippen LogP contribution < -0.4 is 20.3 Å². The highest BCUT2D eigenvalue weighted by Crippen LogP contribution is 2.26. The summed E-state index contributed by atoms with van der Waals surface area (Å²) >= 11 is 0. The molecular weight excluding hydrogens is 402 g/mol. The summed E-state index contributed by atoms with van der Waals surface area (Å²) in [5, 5.41) is 7.15. The number of benzene rings is 1. The lowest BCUT2D eigenvalue weighted by molar-refractivity contribution is -0.118. The third-order valence-electron chi connectivity index (χ3n) is 4.24. The standard InChI is InChI=1S/C21H19N5O5/c1-13-10-19(27)24-21(22-13)26-18(11-14(25-26)15-8-5-9-30-15)23-20(28)12-31-17-7-4-3-6-16(17)29-2/h3-11H,12H2,1-2H3,(H,23,28)(H,22,24,27). The minimum Gasteiger partial charge on any atom is -0.493 e. The molecule has 0 aliphatic rings. The molecule has 31 heavy (non-hydrogen) atoms. The van der Waals surface area contributed by atoms with Crippen molar-refractivity contribution >= 4 is 11.7 Å². The summed E-state index contributed by atoms with van der Waals surface area (Å²) in [7, 11) is 1.52. The van der Waals surface area contributed by atoms with Gasteiger partial charge in [-0.3, -0.25) is 14.6 Å². The van der Waals surface area contributed by atoms with Gasteiger partial charge in [0, 0.05) is 17.8 Å². The second-order valence-corrected chi connectivity index (χ2v) is 6.50. The summed E-state index contributed by atoms with van der Waals surface area (Å²) in [6, 6.07) is 13.4. The lowest BCUT2D eigenvalue weighted by atomic mass is 10.3. The van der Waals surface area contributed by atoms with Crippen LogP contribution in [0.25, 0.3) is 17.4 Å². The van der Waals surface area contributed by atoms with Gasteiger partial charge in [-0.05, 0) is 31.2 Å². The zero-order valence-electron chi connectivity index (χ0n) is 16.8. The van der Waals surface area contributed by atoms with Crippen LogP contribution in [0.5, 0.6) is 11.5 Å². The van der Waals surface area contributed by atoms with E-state index in [1.807, 2.05) is 0 Å². The van der Waals surface area contributed by atoms with E-state index in [1.54, 1.807) is 49.4 Å². The Hall–Kier alpha value is -4.34. The number of nitrogens with zero attached hydrogens (tertiary/aromatic N) is 3. The molecule has 10 heteroatoms. The zero-order valence-corrected chi connectivity index (χ0v) is 16.8. The first-order valence-corrected chi connectivity index (χ1v) is 9.31. The van der Waals surface area contributed by atoms with Crippen molar-refractivity contribution in [3.05, 3.63) is 70.8 Å². The molecule has 0 atom stereocenters. The Morgan fingerprint density at radius 3 is 2.71 bits per heavy atom. The molecule has 0 saturated carbocycles. The number of methoxy groups -OCH3 is 1. The van der Waals surface area contributed by atoms with Crippen LogP contribution in [-0.2, 0) is 4.79 Å². The molecule has 2 N–H and O–H groups in total. The van der Waals surface area contributed by atoms with Crippen molar-refractivity contribution in [2.45, 2.75) is 6.92 Å². The van der Waals surface area contributed by atoms with E-state index in [0.29, 0.717) is 28.6 Å². The maximum absolute atomic E-state index is 12.6. The van der Waals surface area contributed by atoms with Crippen LogP contribution in [0, 0.1) is 6.92 Å². The number of rotatable bonds is 7. The number of ether oxygens (including phenoxy) is 2. The summed E-state index contributed by atoms with van der Waals surface area (Å²) in [6.07, 6.45) is 1.51. The molecule has 0 bridgehead atoms. The Kier molecular flexibility index (Phi) is 5.52. The molecular formula is C21H19N5O5. The van der Waals surface area contributed by atoms with E-state index in [1.165, 1.54) is 24.1 Å². The van der Waals surface area contributed by atoms with Gasteiger partial charge in [0.1, 0.15) is 11.5 Å². The van der Waals surface area contributed by atoms with Gasteiger partial charge in [0.2, 0.25) is 5.95 Å². The van der Waals surface area contributed by atoms with Crippen molar-refractivity contribution in [2.75, 3.05) is 19.0 Å². The lowest BCUT2D eigenvalue weighted by Crippen LogP contribution is -2.23. The molecule has 158 valence electrons. The Labute approximate surface area is 176 Å². The van der Waals surface area contributed by atoms with E-state index in [-0.39, 0.29) is 23.9 Å². The Bertz CT molecular complexity index is 1260. The van der Waals surface area contributed by atoms with E-state index in [2.05, 4.69) is 20.4 Å². The van der Waals surface area contributed by atoms with Crippen molar-refractivity contribution in [1.82, 2.24) is 19.7 Å². The average molecular weight is 421 g/mol. The number of hydrogen-bond acceptors (Lipinski definition) is 7. The number of anilines is 1. The zero-order chi connectivity index (χ0) is 21.8. The third kappa shape index (κ3) is 4.47. The number of hydrogen-bond donors (Lipinski definition) is 2. The number of aromatic amines is 1. The topological polar surface area (TPSA) is 124 Å². The van der Waals surface area contributed by atoms with Gasteiger partial charge in [-0.15, -0.1) is 0 Å². The molecule has 4 rings (SSSR count). The maximum atomic E-state index is 12.6. The molecule has 0 radical (unpaired) electrons. The number of carbonyl (C=O) groups is 1. The van der Waals surface area contributed by atoms with E-state index in [4.69, 9.17) is 13.9 Å². The van der Waals surface area contributed by atoms with Crippen LogP contribution in [-0.4, -0.2) is 39.4 Å². The highest BCUT2D eigenvalue weighted by molar-refractivity contribution is 5.91. The quantitative estimate of drug-likeness (QED) is 0.470. The number of amides is 1. The van der Waals surface area contributed by atoms with Crippen molar-refractivity contribution in [2.24, 2.45) is 0 Å². The molecule has 0 aliphatic heterocycles. The molecule has 0 unspecified atom stereocenters. The average Bonchev–Trinajstić information content (AvgIpc) is 3.42. The first-order valence-electron chi connectivity index (χ1n) is 9.31. The fourth-order valence-corrected chi connectivity index (χ4v) is 2.90. The smallest absolute Gasteiger partial charge is 0.263 e. The summed E-state index contributed by atoms with van der Waals surface area (Å²) in [5.41, 5.74) is 0.620. The van der Waals surface area contributed by atoms with Gasteiger partial charge in [0.25, 0.3) is 11.5 Å². The first kappa shape index (κ1) is 20.0. The van der Waals surface area contributed by atoms with Gasteiger partial charge in [-0.1, -0.05) is 12.1 Å². The number of aromatic nitrogens is 4. The fourth-order valence-electron chi connectivity index (χ4n) is 2.90. The molecule has 0 fully saturated rings. The van der Waals surface area contributed by atoms with Crippen LogP contribution in [0.4, 0.5) is 5.82 Å². The molecule has 0 spiro atoms. The number of aryl methyl sites for hydroxylation is 1. The minimum atomic E-state index is -0.437. The van der Waals surface area contributed by atoms with Gasteiger partial charge in [-0.2, -0.15) is 9.78 Å². The second kappa shape index (κ2) is 8.57. The highest BCUT2D eigenvalue weighted by Gasteiger charge is 2.17. The van der Waals surface area contributed by atoms with Crippen LogP contribution in [0.2, 0.25) is 0 Å². The Balaban J connectivity index is 1.60. The first-order chi connectivity index (χ1) is 15.0. The molecule has 10 nitrogen and oxygen atoms in total. The van der Waals surface area contributed by atoms with E-state index in [0.717, 1.165) is 0 Å². The number of para-hydroxylation sites is 2. The van der Waals surface area contributed by atoms with Crippen LogP contribution in [0.1, 0.15) is 5.69 Å². The molecule has 0 saturated heterocycles. The van der Waals surface area contributed by atoms with Crippen molar-refractivity contribution in [3.8, 4) is 28.9 Å². The van der Waals surface area contributed by atoms with Crippen LogP contribution in [0.15, 0.2) is 64.0 Å². The third-order valence-corrected chi connectivity index (χ3v) is 4.24. The van der Waals surface area contributed by atoms with Crippen molar-refractivity contribution < 1.29 is 18.7 Å². The molecule has 3 heterocycles.